The number of nitrogens with two attached hydrogens (primary N) is 1. The van der Waals surface area contributed by atoms with Gasteiger partial charge in [0.15, 0.2) is 0 Å². The first-order valence-corrected chi connectivity index (χ1v) is 9.62. The molecule has 0 aliphatic carbocycles. The molecular formula is C23H22N4O5. The van der Waals surface area contributed by atoms with Crippen LogP contribution in [0, 0.1) is 6.92 Å². The Morgan fingerprint density at radius 2 is 1.72 bits per heavy atom. The van der Waals surface area contributed by atoms with Crippen LogP contribution >= 0.6 is 0 Å². The summed E-state index contributed by atoms with van der Waals surface area (Å²) < 4.78 is 0. The molecule has 1 aliphatic heterocycles. The van der Waals surface area contributed by atoms with Gasteiger partial charge >= 0.3 is 5.97 Å². The zero-order valence-corrected chi connectivity index (χ0v) is 18.0. The number of hydrogen-bond donors (Lipinski definition) is 2. The third-order valence-electron chi connectivity index (χ3n) is 5.08. The van der Waals surface area contributed by atoms with Gasteiger partial charge in [0.25, 0.3) is 17.7 Å². The van der Waals surface area contributed by atoms with Gasteiger partial charge in [0.2, 0.25) is 0 Å². The number of aryl methyl sites for hydroxylation is 1. The molecule has 3 N–H and O–H groups in total. The summed E-state index contributed by atoms with van der Waals surface area (Å²) in [5, 5.41) is 9.26. The number of amides is 3. The predicted octanol–water partition coefficient (Wildman–Crippen LogP) is 2.21. The van der Waals surface area contributed by atoms with Crippen molar-refractivity contribution in [2.75, 3.05) is 23.9 Å². The molecule has 2 aromatic rings. The van der Waals surface area contributed by atoms with Crippen LogP contribution in [0.1, 0.15) is 22.8 Å². The molecule has 0 spiro atoms. The SMILES string of the molecule is CC1=C(C(N)=O)C(=O)N(c2cccc(C(=O)O)c2)C(=O)C1=Nc1ccc(N(C)C)cc1C. The summed E-state index contributed by atoms with van der Waals surface area (Å²) in [7, 11) is 3.79. The second-order valence-electron chi connectivity index (χ2n) is 7.49. The summed E-state index contributed by atoms with van der Waals surface area (Å²) in [6.07, 6.45) is 0. The average molecular weight is 434 g/mol. The van der Waals surface area contributed by atoms with Crippen LogP contribution in [0.3, 0.4) is 0 Å². The molecule has 0 saturated heterocycles. The van der Waals surface area contributed by atoms with Crippen molar-refractivity contribution in [3.63, 3.8) is 0 Å². The Morgan fingerprint density at radius 1 is 1.03 bits per heavy atom. The molecule has 0 aromatic heterocycles. The van der Waals surface area contributed by atoms with Crippen molar-refractivity contribution in [1.29, 1.82) is 0 Å². The van der Waals surface area contributed by atoms with Gasteiger partial charge in [-0.2, -0.15) is 0 Å². The molecule has 3 rings (SSSR count). The lowest BCUT2D eigenvalue weighted by Gasteiger charge is -2.28. The summed E-state index contributed by atoms with van der Waals surface area (Å²) >= 11 is 0. The number of anilines is 2. The van der Waals surface area contributed by atoms with Crippen molar-refractivity contribution >= 4 is 46.5 Å². The molecule has 0 saturated carbocycles. The minimum absolute atomic E-state index is 0.00136. The van der Waals surface area contributed by atoms with E-state index in [0.29, 0.717) is 5.69 Å². The number of carbonyl (C=O) groups excluding carboxylic acids is 3. The minimum atomic E-state index is -1.23. The van der Waals surface area contributed by atoms with Gasteiger partial charge in [-0.05, 0) is 61.4 Å². The Bertz CT molecular complexity index is 1230. The number of benzene rings is 2. The van der Waals surface area contributed by atoms with E-state index in [1.54, 1.807) is 6.07 Å². The molecule has 0 bridgehead atoms. The zero-order valence-electron chi connectivity index (χ0n) is 18.0. The fourth-order valence-electron chi connectivity index (χ4n) is 3.35. The number of carboxylic acids is 1. The lowest BCUT2D eigenvalue weighted by atomic mass is 9.96. The second-order valence-corrected chi connectivity index (χ2v) is 7.49. The van der Waals surface area contributed by atoms with Crippen LogP contribution in [0.15, 0.2) is 58.6 Å². The summed E-state index contributed by atoms with van der Waals surface area (Å²) in [5.41, 5.74) is 7.07. The molecule has 32 heavy (non-hydrogen) atoms. The van der Waals surface area contributed by atoms with Gasteiger partial charge in [0.05, 0.1) is 16.9 Å². The van der Waals surface area contributed by atoms with E-state index in [4.69, 9.17) is 5.73 Å². The summed E-state index contributed by atoms with van der Waals surface area (Å²) in [6.45, 7) is 3.26. The maximum Gasteiger partial charge on any atom is 0.335 e. The zero-order chi connectivity index (χ0) is 23.7. The van der Waals surface area contributed by atoms with Gasteiger partial charge in [-0.25, -0.2) is 14.7 Å². The molecule has 0 radical (unpaired) electrons. The van der Waals surface area contributed by atoms with Crippen molar-refractivity contribution in [3.8, 4) is 0 Å². The molecule has 1 heterocycles. The molecule has 0 fully saturated rings. The topological polar surface area (TPSA) is 133 Å². The number of rotatable bonds is 5. The molecular weight excluding hydrogens is 412 g/mol. The van der Waals surface area contributed by atoms with Crippen molar-refractivity contribution in [3.05, 3.63) is 64.7 Å². The number of primary amides is 1. The number of carboxylic acid groups (broad SMARTS) is 1. The van der Waals surface area contributed by atoms with Gasteiger partial charge in [-0.3, -0.25) is 14.4 Å². The number of imide groups is 1. The average Bonchev–Trinajstić information content (AvgIpc) is 2.72. The first-order chi connectivity index (χ1) is 15.0. The van der Waals surface area contributed by atoms with Crippen LogP contribution < -0.4 is 15.5 Å². The van der Waals surface area contributed by atoms with Crippen LogP contribution in [-0.4, -0.2) is 48.6 Å². The van der Waals surface area contributed by atoms with Crippen LogP contribution in [0.4, 0.5) is 17.1 Å². The third-order valence-corrected chi connectivity index (χ3v) is 5.08. The number of carbonyl (C=O) groups is 4. The fourth-order valence-corrected chi connectivity index (χ4v) is 3.35. The van der Waals surface area contributed by atoms with Crippen LogP contribution in [0.2, 0.25) is 0 Å². The first kappa shape index (κ1) is 22.4. The predicted molar refractivity (Wildman–Crippen MR) is 120 cm³/mol. The smallest absolute Gasteiger partial charge is 0.335 e. The van der Waals surface area contributed by atoms with E-state index in [1.807, 2.05) is 38.1 Å². The summed E-state index contributed by atoms with van der Waals surface area (Å²) in [4.78, 5) is 56.8. The Labute approximate surface area is 184 Å². The van der Waals surface area contributed by atoms with E-state index >= 15 is 0 Å². The summed E-state index contributed by atoms with van der Waals surface area (Å²) in [5.74, 6) is -3.94. The highest BCUT2D eigenvalue weighted by atomic mass is 16.4. The highest BCUT2D eigenvalue weighted by molar-refractivity contribution is 6.59. The molecule has 164 valence electrons. The fraction of sp³-hybridized carbons (Fsp3) is 0.174. The Balaban J connectivity index is 2.20. The van der Waals surface area contributed by atoms with Gasteiger partial charge in [0.1, 0.15) is 11.3 Å². The second kappa shape index (κ2) is 8.46. The highest BCUT2D eigenvalue weighted by Gasteiger charge is 2.40. The number of aromatic carboxylic acids is 1. The lowest BCUT2D eigenvalue weighted by molar-refractivity contribution is -0.123. The molecule has 9 nitrogen and oxygen atoms in total. The van der Waals surface area contributed by atoms with Gasteiger partial charge < -0.3 is 15.7 Å². The number of hydrogen-bond acceptors (Lipinski definition) is 6. The summed E-state index contributed by atoms with van der Waals surface area (Å²) in [6, 6.07) is 10.7. The Morgan fingerprint density at radius 3 is 2.28 bits per heavy atom. The van der Waals surface area contributed by atoms with Gasteiger partial charge in [-0.1, -0.05) is 6.07 Å². The van der Waals surface area contributed by atoms with Crippen LogP contribution in [0.25, 0.3) is 0 Å². The van der Waals surface area contributed by atoms with E-state index < -0.39 is 23.7 Å². The van der Waals surface area contributed by atoms with E-state index in [1.165, 1.54) is 31.2 Å². The first-order valence-electron chi connectivity index (χ1n) is 9.62. The third kappa shape index (κ3) is 4.00. The van der Waals surface area contributed by atoms with Gasteiger partial charge in [-0.15, -0.1) is 0 Å². The molecule has 2 aromatic carbocycles. The quantitative estimate of drug-likeness (QED) is 0.547. The molecule has 0 atom stereocenters. The van der Waals surface area contributed by atoms with Crippen molar-refractivity contribution in [2.24, 2.45) is 10.7 Å². The van der Waals surface area contributed by atoms with E-state index in [0.717, 1.165) is 16.2 Å². The molecule has 0 unspecified atom stereocenters. The Hall–Kier alpha value is -4.27. The largest absolute Gasteiger partial charge is 0.478 e. The van der Waals surface area contributed by atoms with Crippen molar-refractivity contribution in [2.45, 2.75) is 13.8 Å². The number of nitrogens with zero attached hydrogens (tertiary/aromatic N) is 3. The van der Waals surface area contributed by atoms with Gasteiger partial charge in [0, 0.05) is 19.8 Å². The van der Waals surface area contributed by atoms with Crippen molar-refractivity contribution in [1.82, 2.24) is 0 Å². The highest BCUT2D eigenvalue weighted by Crippen LogP contribution is 2.29. The van der Waals surface area contributed by atoms with Crippen LogP contribution in [-0.2, 0) is 14.4 Å². The minimum Gasteiger partial charge on any atom is -0.478 e. The Kier molecular flexibility index (Phi) is 5.93. The molecule has 9 heteroatoms. The van der Waals surface area contributed by atoms with E-state index in [9.17, 15) is 24.3 Å². The maximum atomic E-state index is 13.3. The van der Waals surface area contributed by atoms with E-state index in [2.05, 4.69) is 4.99 Å². The van der Waals surface area contributed by atoms with E-state index in [-0.39, 0.29) is 28.1 Å². The van der Waals surface area contributed by atoms with Crippen LogP contribution in [0.5, 0.6) is 0 Å². The van der Waals surface area contributed by atoms with Crippen molar-refractivity contribution < 1.29 is 24.3 Å². The number of aliphatic imine (C=N–C) groups is 1. The molecule has 1 aliphatic rings. The normalized spacial score (nSPS) is 15.4. The maximum absolute atomic E-state index is 13.3. The monoisotopic (exact) mass is 434 g/mol. The standard InChI is InChI=1S/C23H22N4O5/c1-12-10-15(26(3)4)8-9-17(12)25-19-13(2)18(20(24)28)21(29)27(22(19)30)16-7-5-6-14(11-16)23(31)32/h5-11H,1-4H3,(H2,24,28)(H,31,32). The lowest BCUT2D eigenvalue weighted by Crippen LogP contribution is -2.49. The molecule has 3 amide bonds.